The predicted octanol–water partition coefficient (Wildman–Crippen LogP) is 4.44. The molecule has 0 spiro atoms. The lowest BCUT2D eigenvalue weighted by Gasteiger charge is -2.06. The number of hydrogen-bond acceptors (Lipinski definition) is 5. The molecule has 6 nitrogen and oxygen atoms in total. The highest BCUT2D eigenvalue weighted by molar-refractivity contribution is 7.15. The van der Waals surface area contributed by atoms with Crippen LogP contribution in [0, 0.1) is 0 Å². The van der Waals surface area contributed by atoms with Gasteiger partial charge in [-0.2, -0.15) is 0 Å². The number of nitrogens with zero attached hydrogens (tertiary/aromatic N) is 2. The fourth-order valence-electron chi connectivity index (χ4n) is 2.32. The zero-order chi connectivity index (χ0) is 18.7. The molecule has 0 saturated heterocycles. The molecular weight excluding hydrogens is 399 g/mol. The molecule has 0 radical (unpaired) electrons. The summed E-state index contributed by atoms with van der Waals surface area (Å²) >= 11 is 13.4. The Morgan fingerprint density at radius 3 is 2.92 bits per heavy atom. The van der Waals surface area contributed by atoms with Crippen molar-refractivity contribution in [3.8, 4) is 5.75 Å². The second-order valence-corrected chi connectivity index (χ2v) is 7.02. The van der Waals surface area contributed by atoms with E-state index in [0.29, 0.717) is 21.5 Å². The number of rotatable bonds is 7. The minimum absolute atomic E-state index is 0.159. The third-order valence-corrected chi connectivity index (χ3v) is 4.93. The summed E-state index contributed by atoms with van der Waals surface area (Å²) in [6, 6.07) is 5.00. The average Bonchev–Trinajstić information content (AvgIpc) is 3.15. The highest BCUT2D eigenvalue weighted by Gasteiger charge is 2.14. The largest absolute Gasteiger partial charge is 0.504 e. The fraction of sp³-hybridized carbons (Fsp3) is 0.176. The van der Waals surface area contributed by atoms with Crippen LogP contribution < -0.4 is 4.74 Å². The van der Waals surface area contributed by atoms with Gasteiger partial charge < -0.3 is 14.6 Å². The summed E-state index contributed by atoms with van der Waals surface area (Å²) in [5, 5.41) is 12.1. The van der Waals surface area contributed by atoms with Crippen LogP contribution in [0.15, 0.2) is 41.6 Å². The fourth-order valence-corrected chi connectivity index (χ4v) is 3.68. The Bertz CT molecular complexity index is 980. The number of hydrogen-bond donors (Lipinski definition) is 1. The van der Waals surface area contributed by atoms with Crippen LogP contribution in [0.1, 0.15) is 11.4 Å². The number of carbonyl (C=O) groups is 1. The van der Waals surface area contributed by atoms with E-state index in [-0.39, 0.29) is 18.6 Å². The van der Waals surface area contributed by atoms with Crippen LogP contribution in [0.2, 0.25) is 10.0 Å². The molecule has 0 saturated carbocycles. The Balaban J connectivity index is 1.76. The first-order valence-corrected chi connectivity index (χ1v) is 9.09. The molecule has 0 unspecified atom stereocenters. The average molecular weight is 413 g/mol. The maximum atomic E-state index is 11.3. The number of benzene rings is 1. The van der Waals surface area contributed by atoms with Crippen LogP contribution in [0.3, 0.4) is 0 Å². The molecule has 0 fully saturated rings. The zero-order valence-corrected chi connectivity index (χ0v) is 15.9. The standard InChI is InChI=1S/C17H14Cl2N2O4S/c1-24-7-10(16(22)23)4-13-9-26-17-20-12(6-21(13)17)8-25-15-3-2-11(18)5-14(15)19/h2-3,5-7,9H,4,8H2,1H3,(H,22,23)/b10-7-. The van der Waals surface area contributed by atoms with Crippen LogP contribution in [-0.4, -0.2) is 27.6 Å². The van der Waals surface area contributed by atoms with Gasteiger partial charge in [0.2, 0.25) is 0 Å². The number of aromatic nitrogens is 2. The van der Waals surface area contributed by atoms with Crippen molar-refractivity contribution in [2.24, 2.45) is 0 Å². The smallest absolute Gasteiger partial charge is 0.335 e. The second kappa shape index (κ2) is 7.99. The lowest BCUT2D eigenvalue weighted by atomic mass is 10.2. The van der Waals surface area contributed by atoms with Crippen molar-refractivity contribution in [1.82, 2.24) is 9.38 Å². The molecule has 26 heavy (non-hydrogen) atoms. The number of aliphatic carboxylic acids is 1. The third kappa shape index (κ3) is 4.12. The number of carboxylic acid groups (broad SMARTS) is 1. The first-order chi connectivity index (χ1) is 12.5. The molecular formula is C17H14Cl2N2O4S. The molecule has 0 atom stereocenters. The van der Waals surface area contributed by atoms with Crippen molar-refractivity contribution < 1.29 is 19.4 Å². The van der Waals surface area contributed by atoms with Gasteiger partial charge in [-0.05, 0) is 18.2 Å². The van der Waals surface area contributed by atoms with Gasteiger partial charge in [0.05, 0.1) is 29.7 Å². The molecule has 1 N–H and O–H groups in total. The quantitative estimate of drug-likeness (QED) is 0.458. The monoisotopic (exact) mass is 412 g/mol. The molecule has 0 aliphatic heterocycles. The number of thiazole rings is 1. The molecule has 3 rings (SSSR count). The number of imidazole rings is 1. The van der Waals surface area contributed by atoms with Gasteiger partial charge in [0, 0.05) is 28.7 Å². The van der Waals surface area contributed by atoms with E-state index in [1.165, 1.54) is 24.7 Å². The SMILES string of the molecule is CO/C=C(/Cc1csc2nc(COc3ccc(Cl)cc3Cl)cn12)C(=O)O. The van der Waals surface area contributed by atoms with Crippen molar-refractivity contribution >= 4 is 45.5 Å². The summed E-state index contributed by atoms with van der Waals surface area (Å²) in [6.45, 7) is 0.231. The van der Waals surface area contributed by atoms with Crippen molar-refractivity contribution in [2.45, 2.75) is 13.0 Å². The van der Waals surface area contributed by atoms with E-state index in [2.05, 4.69) is 4.98 Å². The highest BCUT2D eigenvalue weighted by atomic mass is 35.5. The maximum absolute atomic E-state index is 11.3. The first kappa shape index (κ1) is 18.6. The predicted molar refractivity (Wildman–Crippen MR) is 100 cm³/mol. The van der Waals surface area contributed by atoms with E-state index in [1.54, 1.807) is 18.2 Å². The normalized spacial score (nSPS) is 11.7. The van der Waals surface area contributed by atoms with Crippen molar-refractivity contribution in [2.75, 3.05) is 7.11 Å². The third-order valence-electron chi connectivity index (χ3n) is 3.51. The van der Waals surface area contributed by atoms with Gasteiger partial charge in [-0.3, -0.25) is 4.40 Å². The number of carboxylic acids is 1. The zero-order valence-electron chi connectivity index (χ0n) is 13.6. The Hall–Kier alpha value is -2.22. The number of methoxy groups -OCH3 is 1. The summed E-state index contributed by atoms with van der Waals surface area (Å²) in [5.74, 6) is -0.504. The van der Waals surface area contributed by atoms with Crippen LogP contribution in [0.4, 0.5) is 0 Å². The lowest BCUT2D eigenvalue weighted by Crippen LogP contribution is -2.05. The molecule has 1 aromatic carbocycles. The number of fused-ring (bicyclic) bond motifs is 1. The van der Waals surface area contributed by atoms with Crippen LogP contribution in [0.25, 0.3) is 4.96 Å². The molecule has 2 aromatic heterocycles. The second-order valence-electron chi connectivity index (χ2n) is 5.34. The molecule has 9 heteroatoms. The van der Waals surface area contributed by atoms with Crippen LogP contribution in [0.5, 0.6) is 5.75 Å². The summed E-state index contributed by atoms with van der Waals surface area (Å²) in [4.78, 5) is 16.5. The molecule has 3 aromatic rings. The van der Waals surface area contributed by atoms with Gasteiger partial charge in [-0.15, -0.1) is 11.3 Å². The topological polar surface area (TPSA) is 73.1 Å². The van der Waals surface area contributed by atoms with Gasteiger partial charge in [0.1, 0.15) is 12.4 Å². The van der Waals surface area contributed by atoms with Gasteiger partial charge in [0.15, 0.2) is 4.96 Å². The molecule has 136 valence electrons. The minimum atomic E-state index is -1.02. The van der Waals surface area contributed by atoms with Crippen LogP contribution in [-0.2, 0) is 22.6 Å². The van der Waals surface area contributed by atoms with Crippen molar-refractivity contribution in [3.05, 3.63) is 63.0 Å². The minimum Gasteiger partial charge on any atom is -0.504 e. The molecule has 0 aliphatic carbocycles. The Labute approximate surface area is 163 Å². The Kier molecular flexibility index (Phi) is 5.70. The molecule has 0 amide bonds. The summed E-state index contributed by atoms with van der Waals surface area (Å²) in [7, 11) is 1.42. The van der Waals surface area contributed by atoms with E-state index in [4.69, 9.17) is 32.7 Å². The van der Waals surface area contributed by atoms with Gasteiger partial charge in [-0.1, -0.05) is 23.2 Å². The highest BCUT2D eigenvalue weighted by Crippen LogP contribution is 2.28. The van der Waals surface area contributed by atoms with Gasteiger partial charge in [0.25, 0.3) is 0 Å². The van der Waals surface area contributed by atoms with Crippen LogP contribution >= 0.6 is 34.5 Å². The van der Waals surface area contributed by atoms with Gasteiger partial charge >= 0.3 is 5.97 Å². The molecule has 0 bridgehead atoms. The Morgan fingerprint density at radius 1 is 1.42 bits per heavy atom. The summed E-state index contributed by atoms with van der Waals surface area (Å²) < 4.78 is 12.4. The maximum Gasteiger partial charge on any atom is 0.335 e. The summed E-state index contributed by atoms with van der Waals surface area (Å²) in [6.07, 6.45) is 3.27. The van der Waals surface area contributed by atoms with Crippen molar-refractivity contribution in [1.29, 1.82) is 0 Å². The summed E-state index contributed by atoms with van der Waals surface area (Å²) in [5.41, 5.74) is 1.67. The van der Waals surface area contributed by atoms with Gasteiger partial charge in [-0.25, -0.2) is 9.78 Å². The number of halogens is 2. The Morgan fingerprint density at radius 2 is 2.23 bits per heavy atom. The van der Waals surface area contributed by atoms with E-state index in [1.807, 2.05) is 16.0 Å². The van der Waals surface area contributed by atoms with Crippen molar-refractivity contribution in [3.63, 3.8) is 0 Å². The van der Waals surface area contributed by atoms with E-state index >= 15 is 0 Å². The first-order valence-electron chi connectivity index (χ1n) is 7.45. The molecule has 0 aliphatic rings. The van der Waals surface area contributed by atoms with E-state index < -0.39 is 5.97 Å². The van der Waals surface area contributed by atoms with E-state index in [9.17, 15) is 9.90 Å². The number of ether oxygens (including phenoxy) is 2. The van der Waals surface area contributed by atoms with E-state index in [0.717, 1.165) is 10.7 Å². The molecule has 2 heterocycles. The lowest BCUT2D eigenvalue weighted by molar-refractivity contribution is -0.132.